The van der Waals surface area contributed by atoms with Crippen LogP contribution in [0.1, 0.15) is 21.6 Å². The van der Waals surface area contributed by atoms with Crippen LogP contribution in [0.4, 0.5) is 17.6 Å². The molecule has 0 fully saturated rings. The number of hydrogen-bond donors (Lipinski definition) is 1. The molecule has 0 unspecified atom stereocenters. The average molecular weight is 464 g/mol. The van der Waals surface area contributed by atoms with Gasteiger partial charge in [0.1, 0.15) is 11.4 Å². The SMILES string of the molecule is O=C(NCc1ccc(F)cc1)c1cnn2c(C(F)(F)F)cc(-c3cccc4ccccc34)nc12. The first-order valence-corrected chi connectivity index (χ1v) is 10.3. The van der Waals surface area contributed by atoms with E-state index in [0.717, 1.165) is 23.0 Å². The van der Waals surface area contributed by atoms with Crippen LogP contribution in [0, 0.1) is 5.82 Å². The standard InChI is InChI=1S/C25H16F4N4O/c26-17-10-8-15(9-11-17)13-30-24(34)20-14-31-33-22(25(27,28)29)12-21(32-23(20)33)19-7-3-5-16-4-1-2-6-18(16)19/h1-12,14H,13H2,(H,30,34). The second-order valence-corrected chi connectivity index (χ2v) is 7.65. The van der Waals surface area contributed by atoms with Crippen LogP contribution in [-0.2, 0) is 12.7 Å². The highest BCUT2D eigenvalue weighted by molar-refractivity contribution is 6.00. The summed E-state index contributed by atoms with van der Waals surface area (Å²) in [5, 5.41) is 8.00. The predicted octanol–water partition coefficient (Wildman–Crippen LogP) is 5.64. The van der Waals surface area contributed by atoms with Gasteiger partial charge in [-0.2, -0.15) is 18.3 Å². The lowest BCUT2D eigenvalue weighted by atomic mass is 10.0. The van der Waals surface area contributed by atoms with E-state index in [1.54, 1.807) is 24.3 Å². The van der Waals surface area contributed by atoms with Gasteiger partial charge < -0.3 is 5.32 Å². The molecule has 0 aliphatic rings. The first-order chi connectivity index (χ1) is 16.3. The molecule has 1 amide bonds. The molecule has 34 heavy (non-hydrogen) atoms. The quantitative estimate of drug-likeness (QED) is 0.351. The van der Waals surface area contributed by atoms with E-state index in [1.807, 2.05) is 18.2 Å². The van der Waals surface area contributed by atoms with Crippen LogP contribution in [0.5, 0.6) is 0 Å². The number of fused-ring (bicyclic) bond motifs is 2. The molecule has 0 atom stereocenters. The zero-order valence-corrected chi connectivity index (χ0v) is 17.5. The lowest BCUT2D eigenvalue weighted by molar-refractivity contribution is -0.142. The zero-order valence-electron chi connectivity index (χ0n) is 17.5. The summed E-state index contributed by atoms with van der Waals surface area (Å²) in [5.74, 6) is -1.06. The van der Waals surface area contributed by atoms with Crippen molar-refractivity contribution in [3.8, 4) is 11.3 Å². The van der Waals surface area contributed by atoms with Crippen molar-refractivity contribution in [1.29, 1.82) is 0 Å². The smallest absolute Gasteiger partial charge is 0.348 e. The summed E-state index contributed by atoms with van der Waals surface area (Å²) in [6, 6.07) is 19.0. The van der Waals surface area contributed by atoms with Gasteiger partial charge in [0.25, 0.3) is 5.91 Å². The Morgan fingerprint density at radius 3 is 2.47 bits per heavy atom. The number of carbonyl (C=O) groups excluding carboxylic acids is 1. The molecule has 2 aromatic heterocycles. The molecule has 9 heteroatoms. The fourth-order valence-electron chi connectivity index (χ4n) is 3.79. The van der Waals surface area contributed by atoms with E-state index < -0.39 is 23.6 Å². The molecule has 1 N–H and O–H groups in total. The summed E-state index contributed by atoms with van der Waals surface area (Å²) in [6.07, 6.45) is -3.67. The molecule has 0 saturated carbocycles. The molecule has 5 aromatic rings. The Morgan fingerprint density at radius 2 is 1.71 bits per heavy atom. The molecule has 0 saturated heterocycles. The Bertz CT molecular complexity index is 1520. The average Bonchev–Trinajstić information content (AvgIpc) is 3.26. The van der Waals surface area contributed by atoms with Crippen molar-refractivity contribution in [2.75, 3.05) is 0 Å². The van der Waals surface area contributed by atoms with E-state index >= 15 is 0 Å². The third-order valence-electron chi connectivity index (χ3n) is 5.44. The summed E-state index contributed by atoms with van der Waals surface area (Å²) in [6.45, 7) is 0.0611. The number of alkyl halides is 3. The number of hydrogen-bond acceptors (Lipinski definition) is 3. The van der Waals surface area contributed by atoms with Crippen molar-refractivity contribution in [2.24, 2.45) is 0 Å². The maximum Gasteiger partial charge on any atom is 0.433 e. The first kappa shape index (κ1) is 21.6. The number of rotatable bonds is 4. The van der Waals surface area contributed by atoms with E-state index in [9.17, 15) is 22.4 Å². The van der Waals surface area contributed by atoms with Gasteiger partial charge >= 0.3 is 6.18 Å². The van der Waals surface area contributed by atoms with E-state index in [-0.39, 0.29) is 23.4 Å². The molecule has 0 aliphatic carbocycles. The zero-order chi connectivity index (χ0) is 23.9. The first-order valence-electron chi connectivity index (χ1n) is 10.3. The lowest BCUT2D eigenvalue weighted by Crippen LogP contribution is -2.23. The number of benzene rings is 3. The Morgan fingerprint density at radius 1 is 0.971 bits per heavy atom. The van der Waals surface area contributed by atoms with Gasteiger partial charge in [-0.3, -0.25) is 4.79 Å². The van der Waals surface area contributed by atoms with Gasteiger partial charge in [0.15, 0.2) is 11.3 Å². The lowest BCUT2D eigenvalue weighted by Gasteiger charge is -2.13. The Hall–Kier alpha value is -4.27. The molecule has 5 rings (SSSR count). The van der Waals surface area contributed by atoms with Gasteiger partial charge in [-0.1, -0.05) is 54.6 Å². The van der Waals surface area contributed by atoms with Crippen molar-refractivity contribution >= 4 is 22.3 Å². The van der Waals surface area contributed by atoms with Crippen LogP contribution < -0.4 is 5.32 Å². The Labute approximate surface area is 190 Å². The fourth-order valence-corrected chi connectivity index (χ4v) is 3.79. The summed E-state index contributed by atoms with van der Waals surface area (Å²) in [7, 11) is 0. The monoisotopic (exact) mass is 464 g/mol. The van der Waals surface area contributed by atoms with E-state index in [1.165, 1.54) is 24.3 Å². The number of amides is 1. The summed E-state index contributed by atoms with van der Waals surface area (Å²) in [4.78, 5) is 17.2. The van der Waals surface area contributed by atoms with Gasteiger partial charge in [-0.05, 0) is 34.5 Å². The largest absolute Gasteiger partial charge is 0.433 e. The molecule has 0 spiro atoms. The van der Waals surface area contributed by atoms with E-state index in [0.29, 0.717) is 15.6 Å². The maximum atomic E-state index is 13.9. The van der Waals surface area contributed by atoms with Crippen LogP contribution in [-0.4, -0.2) is 20.5 Å². The molecule has 0 radical (unpaired) electrons. The number of aromatic nitrogens is 3. The van der Waals surface area contributed by atoms with Crippen molar-refractivity contribution in [2.45, 2.75) is 12.7 Å². The molecule has 2 heterocycles. The van der Waals surface area contributed by atoms with Gasteiger partial charge in [-0.25, -0.2) is 13.9 Å². The van der Waals surface area contributed by atoms with Gasteiger partial charge in [0.2, 0.25) is 0 Å². The summed E-state index contributed by atoms with van der Waals surface area (Å²) >= 11 is 0. The molecule has 3 aromatic carbocycles. The minimum absolute atomic E-state index is 0.0611. The van der Waals surface area contributed by atoms with Crippen molar-refractivity contribution in [3.05, 3.63) is 102 Å². The Balaban J connectivity index is 1.61. The third-order valence-corrected chi connectivity index (χ3v) is 5.44. The van der Waals surface area contributed by atoms with Crippen LogP contribution in [0.3, 0.4) is 0 Å². The van der Waals surface area contributed by atoms with Gasteiger partial charge in [0, 0.05) is 12.1 Å². The van der Waals surface area contributed by atoms with Gasteiger partial charge in [-0.15, -0.1) is 0 Å². The molecule has 170 valence electrons. The number of carbonyl (C=O) groups is 1. The van der Waals surface area contributed by atoms with Gasteiger partial charge in [0.05, 0.1) is 11.9 Å². The highest BCUT2D eigenvalue weighted by atomic mass is 19.4. The normalized spacial score (nSPS) is 11.8. The summed E-state index contributed by atoms with van der Waals surface area (Å²) < 4.78 is 55.5. The number of nitrogens with zero attached hydrogens (tertiary/aromatic N) is 3. The second-order valence-electron chi connectivity index (χ2n) is 7.65. The highest BCUT2D eigenvalue weighted by Gasteiger charge is 2.36. The maximum absolute atomic E-state index is 13.9. The van der Waals surface area contributed by atoms with Crippen LogP contribution >= 0.6 is 0 Å². The number of nitrogens with one attached hydrogen (secondary N) is 1. The van der Waals surface area contributed by atoms with Crippen LogP contribution in [0.2, 0.25) is 0 Å². The summed E-state index contributed by atoms with van der Waals surface area (Å²) in [5.41, 5.74) is -0.150. The minimum Gasteiger partial charge on any atom is -0.348 e. The second kappa shape index (κ2) is 8.26. The molecule has 0 aliphatic heterocycles. The fraction of sp³-hybridized carbons (Fsp3) is 0.0800. The topological polar surface area (TPSA) is 59.3 Å². The number of halogens is 4. The van der Waals surface area contributed by atoms with Crippen LogP contribution in [0.25, 0.3) is 27.7 Å². The minimum atomic E-state index is -4.73. The van der Waals surface area contributed by atoms with Crippen molar-refractivity contribution in [1.82, 2.24) is 19.9 Å². The Kier molecular flexibility index (Phi) is 5.24. The predicted molar refractivity (Wildman–Crippen MR) is 119 cm³/mol. The molecule has 5 nitrogen and oxygen atoms in total. The van der Waals surface area contributed by atoms with Crippen molar-refractivity contribution < 1.29 is 22.4 Å². The van der Waals surface area contributed by atoms with E-state index in [2.05, 4.69) is 15.4 Å². The molecular weight excluding hydrogens is 448 g/mol. The molecule has 0 bridgehead atoms. The highest BCUT2D eigenvalue weighted by Crippen LogP contribution is 2.34. The van der Waals surface area contributed by atoms with Crippen molar-refractivity contribution in [3.63, 3.8) is 0 Å². The van der Waals surface area contributed by atoms with E-state index in [4.69, 9.17) is 0 Å². The van der Waals surface area contributed by atoms with Crippen LogP contribution in [0.15, 0.2) is 79.0 Å². The molecular formula is C25H16F4N4O. The third kappa shape index (κ3) is 3.96.